The Hall–Kier alpha value is -1.10. The summed E-state index contributed by atoms with van der Waals surface area (Å²) in [5.41, 5.74) is 2.78. The molecular weight excluding hydrogens is 312 g/mol. The Labute approximate surface area is 144 Å². The number of benzene rings is 1. The van der Waals surface area contributed by atoms with E-state index in [1.54, 1.807) is 0 Å². The molecule has 0 spiro atoms. The van der Waals surface area contributed by atoms with E-state index in [0.29, 0.717) is 19.2 Å². The number of carbonyl (C=O) groups excluding carboxylic acids is 1. The number of fused-ring (bicyclic) bond motifs is 1. The highest BCUT2D eigenvalue weighted by Gasteiger charge is 2.42. The van der Waals surface area contributed by atoms with Crippen molar-refractivity contribution in [2.75, 3.05) is 19.7 Å². The van der Waals surface area contributed by atoms with Crippen molar-refractivity contribution < 1.29 is 9.53 Å². The Bertz CT molecular complexity index is 556. The van der Waals surface area contributed by atoms with Gasteiger partial charge in [-0.2, -0.15) is 0 Å². The molecule has 5 heteroatoms. The van der Waals surface area contributed by atoms with Gasteiger partial charge in [0.15, 0.2) is 0 Å². The monoisotopic (exact) mass is 336 g/mol. The van der Waals surface area contributed by atoms with Crippen LogP contribution in [0.4, 0.5) is 0 Å². The molecule has 2 aliphatic carbocycles. The van der Waals surface area contributed by atoms with Gasteiger partial charge in [-0.15, -0.1) is 12.4 Å². The van der Waals surface area contributed by atoms with Gasteiger partial charge in [-0.05, 0) is 43.2 Å². The minimum atomic E-state index is -0.302. The first-order chi connectivity index (χ1) is 10.8. The first-order valence-corrected chi connectivity index (χ1v) is 8.57. The van der Waals surface area contributed by atoms with Gasteiger partial charge >= 0.3 is 0 Å². The fourth-order valence-electron chi connectivity index (χ4n) is 3.85. The summed E-state index contributed by atoms with van der Waals surface area (Å²) >= 11 is 0. The fraction of sp³-hybridized carbons (Fsp3) is 0.611. The molecular formula is C18H25ClN2O2. The van der Waals surface area contributed by atoms with Crippen molar-refractivity contribution in [1.29, 1.82) is 0 Å². The molecule has 1 saturated heterocycles. The second kappa shape index (κ2) is 7.20. The van der Waals surface area contributed by atoms with Gasteiger partial charge in [-0.1, -0.05) is 24.3 Å². The van der Waals surface area contributed by atoms with E-state index < -0.39 is 0 Å². The van der Waals surface area contributed by atoms with Crippen molar-refractivity contribution in [3.63, 3.8) is 0 Å². The summed E-state index contributed by atoms with van der Waals surface area (Å²) in [6.45, 7) is 2.13. The number of nitrogens with one attached hydrogen (secondary N) is 1. The second-order valence-electron chi connectivity index (χ2n) is 6.65. The smallest absolute Gasteiger partial charge is 0.253 e. The number of hydrogen-bond donors (Lipinski definition) is 1. The summed E-state index contributed by atoms with van der Waals surface area (Å²) < 4.78 is 5.72. The lowest BCUT2D eigenvalue weighted by Gasteiger charge is -2.38. The number of morpholine rings is 1. The third-order valence-electron chi connectivity index (χ3n) is 5.07. The van der Waals surface area contributed by atoms with Crippen molar-refractivity contribution in [3.05, 3.63) is 35.4 Å². The standard InChI is InChI=1S/C18H24N2O2.ClH/c21-18(17-12-19-10-11-22-17)20(14-8-9-14)16-7-3-5-13-4-1-2-6-15(13)16;/h1-2,4,6,14,16-17,19H,3,5,7-12H2;1H. The molecule has 1 amide bonds. The summed E-state index contributed by atoms with van der Waals surface area (Å²) in [5.74, 6) is 0.191. The highest BCUT2D eigenvalue weighted by molar-refractivity contribution is 5.85. The molecule has 1 aromatic rings. The summed E-state index contributed by atoms with van der Waals surface area (Å²) in [6, 6.07) is 9.31. The van der Waals surface area contributed by atoms with Crippen LogP contribution in [-0.4, -0.2) is 42.6 Å². The molecule has 1 N–H and O–H groups in total. The highest BCUT2D eigenvalue weighted by atomic mass is 35.5. The molecule has 0 bridgehead atoms. The van der Waals surface area contributed by atoms with Crippen LogP contribution in [0.2, 0.25) is 0 Å². The maximum atomic E-state index is 13.0. The van der Waals surface area contributed by atoms with Crippen LogP contribution in [0.5, 0.6) is 0 Å². The lowest BCUT2D eigenvalue weighted by atomic mass is 9.86. The Morgan fingerprint density at radius 2 is 2.04 bits per heavy atom. The quantitative estimate of drug-likeness (QED) is 0.922. The topological polar surface area (TPSA) is 41.6 Å². The Morgan fingerprint density at radius 3 is 2.78 bits per heavy atom. The molecule has 4 nitrogen and oxygen atoms in total. The van der Waals surface area contributed by atoms with E-state index in [1.807, 2.05) is 0 Å². The van der Waals surface area contributed by atoms with Gasteiger partial charge in [0.05, 0.1) is 12.6 Å². The zero-order valence-corrected chi connectivity index (χ0v) is 14.2. The summed E-state index contributed by atoms with van der Waals surface area (Å²) in [4.78, 5) is 15.2. The molecule has 0 aromatic heterocycles. The molecule has 3 aliphatic rings. The molecule has 1 saturated carbocycles. The fourth-order valence-corrected chi connectivity index (χ4v) is 3.85. The van der Waals surface area contributed by atoms with Crippen LogP contribution in [0.3, 0.4) is 0 Å². The summed E-state index contributed by atoms with van der Waals surface area (Å²) in [6.07, 6.45) is 5.38. The number of amides is 1. The third-order valence-corrected chi connectivity index (χ3v) is 5.07. The largest absolute Gasteiger partial charge is 0.366 e. The molecule has 2 unspecified atom stereocenters. The first-order valence-electron chi connectivity index (χ1n) is 8.57. The SMILES string of the molecule is Cl.O=C(C1CNCCO1)N(C1CC1)C1CCCc2ccccc21. The Kier molecular flexibility index (Phi) is 5.24. The van der Waals surface area contributed by atoms with Crippen LogP contribution in [0, 0.1) is 0 Å². The predicted octanol–water partition coefficient (Wildman–Crippen LogP) is 2.47. The van der Waals surface area contributed by atoms with E-state index in [9.17, 15) is 4.79 Å². The average Bonchev–Trinajstić information content (AvgIpc) is 3.41. The lowest BCUT2D eigenvalue weighted by Crippen LogP contribution is -2.51. The number of halogens is 1. The number of hydrogen-bond acceptors (Lipinski definition) is 3. The van der Waals surface area contributed by atoms with Crippen LogP contribution in [0.1, 0.15) is 42.9 Å². The summed E-state index contributed by atoms with van der Waals surface area (Å²) in [7, 11) is 0. The minimum Gasteiger partial charge on any atom is -0.366 e. The van der Waals surface area contributed by atoms with E-state index in [2.05, 4.69) is 34.5 Å². The van der Waals surface area contributed by atoms with Crippen LogP contribution in [-0.2, 0) is 16.0 Å². The molecule has 126 valence electrons. The first kappa shape index (κ1) is 16.7. The molecule has 0 radical (unpaired) electrons. The minimum absolute atomic E-state index is 0. The van der Waals surface area contributed by atoms with E-state index in [-0.39, 0.29) is 30.5 Å². The molecule has 2 fully saturated rings. The number of carbonyl (C=O) groups is 1. The molecule has 23 heavy (non-hydrogen) atoms. The molecule has 4 rings (SSSR count). The van der Waals surface area contributed by atoms with Gasteiger partial charge in [-0.25, -0.2) is 0 Å². The van der Waals surface area contributed by atoms with Crippen molar-refractivity contribution in [2.24, 2.45) is 0 Å². The van der Waals surface area contributed by atoms with Crippen LogP contribution in [0.25, 0.3) is 0 Å². The van der Waals surface area contributed by atoms with Gasteiger partial charge in [0.25, 0.3) is 5.91 Å². The lowest BCUT2D eigenvalue weighted by molar-refractivity contribution is -0.149. The normalized spacial score (nSPS) is 26.8. The van der Waals surface area contributed by atoms with Gasteiger partial charge in [0, 0.05) is 19.1 Å². The molecule has 1 aromatic carbocycles. The predicted molar refractivity (Wildman–Crippen MR) is 91.8 cm³/mol. The number of nitrogens with zero attached hydrogens (tertiary/aromatic N) is 1. The van der Waals surface area contributed by atoms with E-state index in [4.69, 9.17) is 4.74 Å². The van der Waals surface area contributed by atoms with Crippen LogP contribution in [0.15, 0.2) is 24.3 Å². The van der Waals surface area contributed by atoms with Crippen LogP contribution < -0.4 is 5.32 Å². The Balaban J connectivity index is 0.00000156. The van der Waals surface area contributed by atoms with Crippen molar-refractivity contribution in [2.45, 2.75) is 50.3 Å². The van der Waals surface area contributed by atoms with Gasteiger partial charge in [-0.3, -0.25) is 4.79 Å². The van der Waals surface area contributed by atoms with Gasteiger partial charge in [0.1, 0.15) is 6.10 Å². The summed E-state index contributed by atoms with van der Waals surface area (Å²) in [5, 5.41) is 3.28. The molecule has 1 aliphatic heterocycles. The molecule has 2 atom stereocenters. The van der Waals surface area contributed by atoms with Gasteiger partial charge < -0.3 is 15.0 Å². The van der Waals surface area contributed by atoms with Crippen LogP contribution >= 0.6 is 12.4 Å². The average molecular weight is 337 g/mol. The van der Waals surface area contributed by atoms with E-state index in [0.717, 1.165) is 32.2 Å². The third kappa shape index (κ3) is 3.39. The number of ether oxygens (including phenoxy) is 1. The molecule has 1 heterocycles. The zero-order valence-electron chi connectivity index (χ0n) is 13.4. The number of rotatable bonds is 3. The highest BCUT2D eigenvalue weighted by Crippen LogP contribution is 2.41. The maximum absolute atomic E-state index is 13.0. The maximum Gasteiger partial charge on any atom is 0.253 e. The van der Waals surface area contributed by atoms with Gasteiger partial charge in [0.2, 0.25) is 0 Å². The van der Waals surface area contributed by atoms with Crippen molar-refractivity contribution in [3.8, 4) is 0 Å². The van der Waals surface area contributed by atoms with Crippen molar-refractivity contribution >= 4 is 18.3 Å². The number of aryl methyl sites for hydroxylation is 1. The van der Waals surface area contributed by atoms with Crippen molar-refractivity contribution in [1.82, 2.24) is 10.2 Å². The van der Waals surface area contributed by atoms with E-state index >= 15 is 0 Å². The zero-order chi connectivity index (χ0) is 14.9. The Morgan fingerprint density at radius 1 is 1.22 bits per heavy atom. The van der Waals surface area contributed by atoms with E-state index in [1.165, 1.54) is 17.5 Å². The second-order valence-corrected chi connectivity index (χ2v) is 6.65.